The summed E-state index contributed by atoms with van der Waals surface area (Å²) in [5.41, 5.74) is -0.337. The molecule has 0 unspecified atom stereocenters. The standard InChI is InChI=1S/C15H14ClN3O5/c1-9(14(20)17-8-11-3-2-6-24-11)18-15(21)10-4-5-12(16)13(7-10)19(22)23/h2-7,9H,8H2,1H3,(H,17,20)(H,18,21)/t9-/m1/s1. The molecule has 2 N–H and O–H groups in total. The predicted molar refractivity (Wildman–Crippen MR) is 85.6 cm³/mol. The zero-order chi connectivity index (χ0) is 17.7. The van der Waals surface area contributed by atoms with Crippen LogP contribution in [-0.4, -0.2) is 22.8 Å². The molecule has 0 aliphatic heterocycles. The molecular weight excluding hydrogens is 338 g/mol. The fourth-order valence-corrected chi connectivity index (χ4v) is 2.07. The molecule has 0 spiro atoms. The van der Waals surface area contributed by atoms with Crippen molar-refractivity contribution in [3.63, 3.8) is 0 Å². The number of carbonyl (C=O) groups is 2. The number of benzene rings is 1. The molecule has 0 saturated heterocycles. The lowest BCUT2D eigenvalue weighted by Gasteiger charge is -2.13. The van der Waals surface area contributed by atoms with Gasteiger partial charge in [0.05, 0.1) is 17.7 Å². The van der Waals surface area contributed by atoms with Gasteiger partial charge in [-0.15, -0.1) is 0 Å². The Bertz CT molecular complexity index is 760. The van der Waals surface area contributed by atoms with E-state index in [2.05, 4.69) is 10.6 Å². The molecule has 2 amide bonds. The summed E-state index contributed by atoms with van der Waals surface area (Å²) in [4.78, 5) is 34.2. The summed E-state index contributed by atoms with van der Waals surface area (Å²) in [5.74, 6) is -0.450. The molecule has 2 rings (SSSR count). The van der Waals surface area contributed by atoms with Crippen molar-refractivity contribution in [3.8, 4) is 0 Å². The zero-order valence-electron chi connectivity index (χ0n) is 12.6. The normalized spacial score (nSPS) is 11.6. The second kappa shape index (κ2) is 7.60. The highest BCUT2D eigenvalue weighted by molar-refractivity contribution is 6.32. The second-order valence-electron chi connectivity index (χ2n) is 4.92. The molecule has 1 aromatic heterocycles. The molecule has 0 fully saturated rings. The number of furan rings is 1. The van der Waals surface area contributed by atoms with Crippen LogP contribution in [0, 0.1) is 10.1 Å². The molecule has 1 atom stereocenters. The van der Waals surface area contributed by atoms with Gasteiger partial charge in [-0.05, 0) is 31.2 Å². The minimum Gasteiger partial charge on any atom is -0.467 e. The predicted octanol–water partition coefficient (Wildman–Crippen LogP) is 2.28. The van der Waals surface area contributed by atoms with Crippen molar-refractivity contribution in [2.75, 3.05) is 0 Å². The van der Waals surface area contributed by atoms with Gasteiger partial charge in [0.1, 0.15) is 16.8 Å². The van der Waals surface area contributed by atoms with E-state index >= 15 is 0 Å². The van der Waals surface area contributed by atoms with E-state index in [1.165, 1.54) is 25.3 Å². The van der Waals surface area contributed by atoms with E-state index in [1.807, 2.05) is 0 Å². The van der Waals surface area contributed by atoms with Crippen LogP contribution in [0.15, 0.2) is 41.0 Å². The molecule has 0 saturated carbocycles. The number of amides is 2. The Morgan fingerprint density at radius 2 is 2.12 bits per heavy atom. The van der Waals surface area contributed by atoms with Gasteiger partial charge in [-0.2, -0.15) is 0 Å². The topological polar surface area (TPSA) is 114 Å². The molecule has 0 bridgehead atoms. The Morgan fingerprint density at radius 1 is 1.38 bits per heavy atom. The summed E-state index contributed by atoms with van der Waals surface area (Å²) < 4.78 is 5.08. The molecule has 2 aromatic rings. The Morgan fingerprint density at radius 3 is 2.75 bits per heavy atom. The molecular formula is C15H14ClN3O5. The Hall–Kier alpha value is -2.87. The number of carbonyl (C=O) groups excluding carboxylic acids is 2. The summed E-state index contributed by atoms with van der Waals surface area (Å²) >= 11 is 5.70. The molecule has 126 valence electrons. The fraction of sp³-hybridized carbons (Fsp3) is 0.200. The van der Waals surface area contributed by atoms with Gasteiger partial charge in [0.25, 0.3) is 11.6 Å². The first-order valence-corrected chi connectivity index (χ1v) is 7.31. The molecule has 0 aliphatic carbocycles. The van der Waals surface area contributed by atoms with Crippen molar-refractivity contribution in [1.29, 1.82) is 0 Å². The quantitative estimate of drug-likeness (QED) is 0.612. The zero-order valence-corrected chi connectivity index (χ0v) is 13.4. The Labute approximate surface area is 141 Å². The highest BCUT2D eigenvalue weighted by Crippen LogP contribution is 2.25. The average Bonchev–Trinajstić information content (AvgIpc) is 3.05. The first kappa shape index (κ1) is 17.5. The van der Waals surface area contributed by atoms with Crippen LogP contribution in [0.3, 0.4) is 0 Å². The van der Waals surface area contributed by atoms with E-state index < -0.39 is 22.8 Å². The lowest BCUT2D eigenvalue weighted by atomic mass is 10.1. The number of nitro groups is 1. The van der Waals surface area contributed by atoms with Crippen molar-refractivity contribution in [2.45, 2.75) is 19.5 Å². The summed E-state index contributed by atoms with van der Waals surface area (Å²) in [5, 5.41) is 15.8. The third-order valence-electron chi connectivity index (χ3n) is 3.16. The molecule has 0 aliphatic rings. The molecule has 24 heavy (non-hydrogen) atoms. The molecule has 8 nitrogen and oxygen atoms in total. The maximum Gasteiger partial charge on any atom is 0.288 e. The summed E-state index contributed by atoms with van der Waals surface area (Å²) in [6.45, 7) is 1.69. The maximum absolute atomic E-state index is 12.1. The van der Waals surface area contributed by atoms with Crippen LogP contribution >= 0.6 is 11.6 Å². The van der Waals surface area contributed by atoms with Crippen LogP contribution in [0.5, 0.6) is 0 Å². The number of halogens is 1. The summed E-state index contributed by atoms with van der Waals surface area (Å²) in [6.07, 6.45) is 1.49. The van der Waals surface area contributed by atoms with Crippen LogP contribution in [0.4, 0.5) is 5.69 Å². The highest BCUT2D eigenvalue weighted by Gasteiger charge is 2.20. The minimum absolute atomic E-state index is 0.0387. The van der Waals surface area contributed by atoms with Gasteiger partial charge in [-0.25, -0.2) is 0 Å². The van der Waals surface area contributed by atoms with Crippen molar-refractivity contribution in [1.82, 2.24) is 10.6 Å². The largest absolute Gasteiger partial charge is 0.467 e. The highest BCUT2D eigenvalue weighted by atomic mass is 35.5. The molecule has 9 heteroatoms. The maximum atomic E-state index is 12.1. The number of nitro benzene ring substituents is 1. The van der Waals surface area contributed by atoms with Gasteiger partial charge in [-0.3, -0.25) is 19.7 Å². The van der Waals surface area contributed by atoms with Crippen molar-refractivity contribution < 1.29 is 18.9 Å². The van der Waals surface area contributed by atoms with Crippen LogP contribution < -0.4 is 10.6 Å². The van der Waals surface area contributed by atoms with Crippen LogP contribution in [-0.2, 0) is 11.3 Å². The van der Waals surface area contributed by atoms with Gasteiger partial charge >= 0.3 is 0 Å². The number of hydrogen-bond acceptors (Lipinski definition) is 5. The third kappa shape index (κ3) is 4.32. The van der Waals surface area contributed by atoms with Crippen molar-refractivity contribution >= 4 is 29.1 Å². The van der Waals surface area contributed by atoms with Crippen LogP contribution in [0.1, 0.15) is 23.0 Å². The number of nitrogens with zero attached hydrogens (tertiary/aromatic N) is 1. The average molecular weight is 352 g/mol. The van der Waals surface area contributed by atoms with E-state index in [4.69, 9.17) is 16.0 Å². The van der Waals surface area contributed by atoms with E-state index in [0.717, 1.165) is 6.07 Å². The summed E-state index contributed by atoms with van der Waals surface area (Å²) in [7, 11) is 0. The fourth-order valence-electron chi connectivity index (χ4n) is 1.88. The number of nitrogens with one attached hydrogen (secondary N) is 2. The Kier molecular flexibility index (Phi) is 5.54. The smallest absolute Gasteiger partial charge is 0.288 e. The molecule has 0 radical (unpaired) electrons. The van der Waals surface area contributed by atoms with Gasteiger partial charge in [-0.1, -0.05) is 11.6 Å². The minimum atomic E-state index is -0.831. The van der Waals surface area contributed by atoms with Gasteiger partial charge < -0.3 is 15.1 Å². The van der Waals surface area contributed by atoms with Crippen LogP contribution in [0.25, 0.3) is 0 Å². The molecule has 1 aromatic carbocycles. The van der Waals surface area contributed by atoms with Crippen LogP contribution in [0.2, 0.25) is 5.02 Å². The second-order valence-corrected chi connectivity index (χ2v) is 5.32. The summed E-state index contributed by atoms with van der Waals surface area (Å²) in [6, 6.07) is 6.23. The van der Waals surface area contributed by atoms with Crippen molar-refractivity contribution in [3.05, 3.63) is 63.1 Å². The first-order chi connectivity index (χ1) is 11.4. The third-order valence-corrected chi connectivity index (χ3v) is 3.48. The van der Waals surface area contributed by atoms with E-state index in [-0.39, 0.29) is 22.8 Å². The SMILES string of the molecule is C[C@@H](NC(=O)c1ccc(Cl)c([N+](=O)[O-])c1)C(=O)NCc1ccco1. The van der Waals surface area contributed by atoms with E-state index in [9.17, 15) is 19.7 Å². The van der Waals surface area contributed by atoms with Gasteiger partial charge in [0.2, 0.25) is 5.91 Å². The lowest BCUT2D eigenvalue weighted by molar-refractivity contribution is -0.384. The van der Waals surface area contributed by atoms with E-state index in [0.29, 0.717) is 5.76 Å². The van der Waals surface area contributed by atoms with Gasteiger partial charge in [0.15, 0.2) is 0 Å². The number of rotatable bonds is 6. The van der Waals surface area contributed by atoms with Crippen molar-refractivity contribution in [2.24, 2.45) is 0 Å². The van der Waals surface area contributed by atoms with E-state index in [1.54, 1.807) is 12.1 Å². The van der Waals surface area contributed by atoms with Gasteiger partial charge in [0, 0.05) is 11.6 Å². The monoisotopic (exact) mass is 351 g/mol. The molecule has 1 heterocycles. The lowest BCUT2D eigenvalue weighted by Crippen LogP contribution is -2.44. The Balaban J connectivity index is 1.96. The number of hydrogen-bond donors (Lipinski definition) is 2. The first-order valence-electron chi connectivity index (χ1n) is 6.93.